The first-order chi connectivity index (χ1) is 26.3. The molecule has 0 saturated carbocycles. The number of amides is 1. The fourth-order valence-electron chi connectivity index (χ4n) is 5.74. The van der Waals surface area contributed by atoms with Gasteiger partial charge in [0.1, 0.15) is 28.4 Å². The molecule has 3 aromatic heterocycles. The van der Waals surface area contributed by atoms with Gasteiger partial charge in [0.25, 0.3) is 0 Å². The van der Waals surface area contributed by atoms with Gasteiger partial charge in [-0.05, 0) is 61.9 Å². The minimum absolute atomic E-state index is 0.0673. The summed E-state index contributed by atoms with van der Waals surface area (Å²) in [5.74, 6) is 0.876. The Balaban J connectivity index is 0.000000522. The second-order valence-electron chi connectivity index (χ2n) is 13.5. The third kappa shape index (κ3) is 9.32. The van der Waals surface area contributed by atoms with Crippen LogP contribution in [0.3, 0.4) is 0 Å². The third-order valence-corrected chi connectivity index (χ3v) is 9.11. The van der Waals surface area contributed by atoms with E-state index in [9.17, 15) is 35.7 Å². The summed E-state index contributed by atoms with van der Waals surface area (Å²) in [5, 5.41) is 7.21. The van der Waals surface area contributed by atoms with Crippen molar-refractivity contribution < 1.29 is 39.8 Å². The topological polar surface area (TPSA) is 161 Å². The molecule has 292 valence electrons. The molecule has 0 fully saturated rings. The van der Waals surface area contributed by atoms with Crippen LogP contribution < -0.4 is 11.0 Å². The smallest absolute Gasteiger partial charge is 0.416 e. The van der Waals surface area contributed by atoms with Crippen LogP contribution in [0.2, 0.25) is 0 Å². The van der Waals surface area contributed by atoms with Crippen LogP contribution in [0, 0.1) is 13.5 Å². The van der Waals surface area contributed by atoms with E-state index < -0.39 is 39.6 Å². The number of aromatic nitrogens is 5. The second kappa shape index (κ2) is 16.2. The van der Waals surface area contributed by atoms with Gasteiger partial charge in [-0.1, -0.05) is 43.3 Å². The number of halogens is 3. The Hall–Kier alpha value is -6.29. The van der Waals surface area contributed by atoms with Gasteiger partial charge >= 0.3 is 17.9 Å². The van der Waals surface area contributed by atoms with Crippen LogP contribution in [0.15, 0.2) is 111 Å². The fourth-order valence-corrected chi connectivity index (χ4v) is 6.23. The first kappa shape index (κ1) is 40.9. The summed E-state index contributed by atoms with van der Waals surface area (Å²) >= 11 is 0. The van der Waals surface area contributed by atoms with Crippen molar-refractivity contribution >= 4 is 21.8 Å². The molecule has 1 amide bonds. The molecule has 3 heterocycles. The highest BCUT2D eigenvalue weighted by molar-refractivity contribution is 7.85. The van der Waals surface area contributed by atoms with Crippen LogP contribution in [0.5, 0.6) is 0 Å². The third-order valence-electron chi connectivity index (χ3n) is 8.27. The minimum Gasteiger partial charge on any atom is -0.744 e. The molecule has 0 saturated heterocycles. The molecule has 3 aromatic carbocycles. The Morgan fingerprint density at radius 1 is 1.02 bits per heavy atom. The van der Waals surface area contributed by atoms with E-state index in [-0.39, 0.29) is 27.9 Å². The molecular formula is C38H37F3N8O6S. The van der Waals surface area contributed by atoms with Crippen LogP contribution in [0.4, 0.5) is 23.7 Å². The molecule has 14 nitrogen and oxygen atoms in total. The van der Waals surface area contributed by atoms with Gasteiger partial charge in [-0.25, -0.2) is 37.1 Å². The summed E-state index contributed by atoms with van der Waals surface area (Å²) in [4.78, 5) is 35.7. The Kier molecular flexibility index (Phi) is 11.8. The maximum absolute atomic E-state index is 14.1. The van der Waals surface area contributed by atoms with Gasteiger partial charge in [0, 0.05) is 0 Å². The molecule has 6 aromatic rings. The van der Waals surface area contributed by atoms with Crippen LogP contribution in [0.25, 0.3) is 27.6 Å². The Morgan fingerprint density at radius 2 is 1.70 bits per heavy atom. The molecule has 0 radical (unpaired) electrons. The van der Waals surface area contributed by atoms with Crippen molar-refractivity contribution in [1.82, 2.24) is 29.2 Å². The number of carbonyl (C=O) groups excluding carboxylic acids is 1. The number of oxazole rings is 1. The number of imidazole rings is 1. The van der Waals surface area contributed by atoms with Gasteiger partial charge in [0.05, 0.1) is 73.3 Å². The highest BCUT2D eigenvalue weighted by atomic mass is 32.2. The number of nitrogens with one attached hydrogen (secondary N) is 1. The lowest BCUT2D eigenvalue weighted by atomic mass is 10.2. The molecule has 0 unspecified atom stereocenters. The van der Waals surface area contributed by atoms with Crippen molar-refractivity contribution in [2.75, 3.05) is 21.1 Å². The quantitative estimate of drug-likeness (QED) is 0.0944. The van der Waals surface area contributed by atoms with Gasteiger partial charge in [-0.2, -0.15) is 18.3 Å². The maximum Gasteiger partial charge on any atom is 0.416 e. The van der Waals surface area contributed by atoms with E-state index >= 15 is 0 Å². The van der Waals surface area contributed by atoms with Crippen molar-refractivity contribution in [2.45, 2.75) is 43.9 Å². The summed E-state index contributed by atoms with van der Waals surface area (Å²) in [6, 6.07) is 18.1. The molecule has 56 heavy (non-hydrogen) atoms. The van der Waals surface area contributed by atoms with E-state index in [1.807, 2.05) is 28.1 Å². The van der Waals surface area contributed by atoms with Crippen molar-refractivity contribution in [2.24, 2.45) is 0 Å². The average molecular weight is 791 g/mol. The van der Waals surface area contributed by atoms with Crippen LogP contribution in [0.1, 0.15) is 42.3 Å². The second-order valence-corrected chi connectivity index (χ2v) is 14.9. The molecule has 1 atom stereocenters. The van der Waals surface area contributed by atoms with Crippen molar-refractivity contribution in [3.8, 4) is 22.8 Å². The lowest BCUT2D eigenvalue weighted by Gasteiger charge is -2.22. The summed E-state index contributed by atoms with van der Waals surface area (Å²) < 4.78 is 81.7. The predicted octanol–water partition coefficient (Wildman–Crippen LogP) is 6.86. The normalized spacial score (nSPS) is 12.4. The standard InChI is InChI=1S/C32H31F3N8O3.C6H6O3S/c1-7-26(29-37-18-25(46-29)19-43(4,5)6)39-30(44)41-28(27-15-16-38-42(27)23-13-11-22(36-3)12-14-23)20(2)40(31(41)45)24-10-8-9-21(17-24)32(33,34)35;7-10(8,9)6-4-2-1-3-5-6/h8-18,26H,7,19H2,1-2,4-6H3;1-5H,(H,7,8,9)/t26-;/m0./s1. The molecule has 1 N–H and O–H groups in total. The van der Waals surface area contributed by atoms with Gasteiger partial charge in [0.2, 0.25) is 5.89 Å². The summed E-state index contributed by atoms with van der Waals surface area (Å²) in [5.41, 5.74) is -0.319. The predicted molar refractivity (Wildman–Crippen MR) is 198 cm³/mol. The van der Waals surface area contributed by atoms with Crippen LogP contribution in [-0.2, 0) is 22.8 Å². The summed E-state index contributed by atoms with van der Waals surface area (Å²) in [7, 11) is 1.74. The van der Waals surface area contributed by atoms with E-state index in [4.69, 9.17) is 11.0 Å². The molecule has 0 aliphatic rings. The molecule has 0 aliphatic carbocycles. The van der Waals surface area contributed by atoms with Crippen molar-refractivity contribution in [3.05, 3.63) is 142 Å². The van der Waals surface area contributed by atoms with Crippen LogP contribution >= 0.6 is 0 Å². The highest BCUT2D eigenvalue weighted by Gasteiger charge is 2.33. The molecule has 0 spiro atoms. The number of carbonyl (C=O) groups is 1. The van der Waals surface area contributed by atoms with E-state index in [1.165, 1.54) is 47.3 Å². The number of alkyl halides is 3. The number of hydrogen-bond donors (Lipinski definition) is 1. The number of hydrogen-bond acceptors (Lipinski definition) is 8. The molecule has 6 rings (SSSR count). The Labute approximate surface area is 320 Å². The van der Waals surface area contributed by atoms with Gasteiger partial charge in [0.15, 0.2) is 11.4 Å². The number of quaternary nitrogens is 1. The van der Waals surface area contributed by atoms with Gasteiger partial charge in [-0.15, -0.1) is 0 Å². The van der Waals surface area contributed by atoms with E-state index in [2.05, 4.69) is 20.2 Å². The number of nitrogens with zero attached hydrogens (tertiary/aromatic N) is 7. The van der Waals surface area contributed by atoms with Crippen molar-refractivity contribution in [1.29, 1.82) is 0 Å². The summed E-state index contributed by atoms with van der Waals surface area (Å²) in [6.45, 7) is 11.2. The first-order valence-electron chi connectivity index (χ1n) is 16.9. The summed E-state index contributed by atoms with van der Waals surface area (Å²) in [6.07, 6.45) is -1.21. The SMILES string of the molecule is O=S(=O)([O-])c1ccccc1.[C-]#[N+]c1ccc(-n2nccc2-c2c(C)n(-c3cccc(C(F)(F)F)c3)c(=O)n2C(=O)N[C@@H](CC)c2ncc(C[N+](C)(C)C)o2)cc1. The largest absolute Gasteiger partial charge is 0.744 e. The number of benzene rings is 3. The maximum atomic E-state index is 14.1. The first-order valence-corrected chi connectivity index (χ1v) is 18.3. The molecule has 0 bridgehead atoms. The highest BCUT2D eigenvalue weighted by Crippen LogP contribution is 2.32. The zero-order valence-corrected chi connectivity index (χ0v) is 31.7. The van der Waals surface area contributed by atoms with E-state index in [1.54, 1.807) is 49.5 Å². The molecule has 0 aliphatic heterocycles. The molecular weight excluding hydrogens is 754 g/mol. The van der Waals surface area contributed by atoms with E-state index in [0.29, 0.717) is 40.3 Å². The fraction of sp³-hybridized carbons (Fsp3) is 0.237. The van der Waals surface area contributed by atoms with E-state index in [0.717, 1.165) is 21.3 Å². The zero-order chi connectivity index (χ0) is 41.0. The Morgan fingerprint density at radius 3 is 2.27 bits per heavy atom. The number of rotatable bonds is 9. The Bertz CT molecular complexity index is 2540. The van der Waals surface area contributed by atoms with Crippen molar-refractivity contribution in [3.63, 3.8) is 0 Å². The lowest BCUT2D eigenvalue weighted by Crippen LogP contribution is -2.39. The molecule has 18 heteroatoms. The van der Waals surface area contributed by atoms with Gasteiger partial charge < -0.3 is 18.8 Å². The van der Waals surface area contributed by atoms with Gasteiger partial charge in [-0.3, -0.25) is 4.57 Å². The minimum atomic E-state index is -4.65. The zero-order valence-electron chi connectivity index (χ0n) is 30.9. The average Bonchev–Trinajstić information content (AvgIpc) is 3.87. The monoisotopic (exact) mass is 790 g/mol. The lowest BCUT2D eigenvalue weighted by molar-refractivity contribution is -0.884. The van der Waals surface area contributed by atoms with Crippen LogP contribution in [-0.4, -0.2) is 68.5 Å².